The van der Waals surface area contributed by atoms with Gasteiger partial charge >= 0.3 is 0 Å². The quantitative estimate of drug-likeness (QED) is 0.308. The fourth-order valence-electron chi connectivity index (χ4n) is 0.258. The molecule has 0 N–H and O–H groups in total. The van der Waals surface area contributed by atoms with Crippen LogP contribution in [0.15, 0.2) is 0 Å². The van der Waals surface area contributed by atoms with Gasteiger partial charge in [-0.05, 0) is 6.92 Å². The van der Waals surface area contributed by atoms with E-state index in [9.17, 15) is 0 Å². The van der Waals surface area contributed by atoms with Crippen LogP contribution in [0, 0.1) is 0 Å². The van der Waals surface area contributed by atoms with Gasteiger partial charge in [-0.15, -0.1) is 0 Å². The van der Waals surface area contributed by atoms with E-state index < -0.39 is 0 Å². The van der Waals surface area contributed by atoms with Crippen LogP contribution in [0.25, 0.3) is 0 Å². The van der Waals surface area contributed by atoms with Crippen molar-refractivity contribution in [3.63, 3.8) is 0 Å². The van der Waals surface area contributed by atoms with E-state index in [4.69, 9.17) is 0 Å². The molecule has 0 bridgehead atoms. The van der Waals surface area contributed by atoms with Gasteiger partial charge in [0.05, 0.1) is 0 Å². The molecule has 1 aliphatic heterocycles. The molecule has 0 aromatic rings. The number of rotatable bonds is 0. The second kappa shape index (κ2) is 0.924. The lowest BCUT2D eigenvalue weighted by atomic mass is 10.6. The van der Waals surface area contributed by atoms with E-state index in [1.165, 1.54) is 6.54 Å². The molecule has 3 atom stereocenters. The van der Waals surface area contributed by atoms with Gasteiger partial charge in [0.1, 0.15) is 0 Å². The fourth-order valence-corrected chi connectivity index (χ4v) is 0.563. The molecule has 0 spiro atoms. The lowest BCUT2D eigenvalue weighted by Gasteiger charge is -1.75. The Morgan fingerprint density at radius 2 is 2.20 bits per heavy atom. The van der Waals surface area contributed by atoms with Gasteiger partial charge < -0.3 is 0 Å². The van der Waals surface area contributed by atoms with Crippen molar-refractivity contribution in [1.29, 1.82) is 0 Å². The Balaban J connectivity index is 2.20. The average molecular weight is 89.1 g/mol. The normalized spacial score (nSPS) is 49.2. The van der Waals surface area contributed by atoms with Crippen molar-refractivity contribution in [1.82, 2.24) is 4.67 Å². The van der Waals surface area contributed by atoms with E-state index >= 15 is 0 Å². The molecule has 0 aromatic carbocycles. The lowest BCUT2D eigenvalue weighted by Crippen LogP contribution is -1.72. The third-order valence-electron chi connectivity index (χ3n) is 0.908. The molecular formula is C3H8NP. The lowest BCUT2D eigenvalue weighted by molar-refractivity contribution is 0.850. The van der Waals surface area contributed by atoms with E-state index in [-0.39, 0.29) is 0 Å². The smallest absolute Gasteiger partial charge is 0.0232 e. The second-order valence-corrected chi connectivity index (χ2v) is 2.21. The molecule has 30 valence electrons. The molecule has 0 saturated carbocycles. The number of hydrogen-bond donors (Lipinski definition) is 0. The summed E-state index contributed by atoms with van der Waals surface area (Å²) in [6.45, 7) is 3.47. The highest BCUT2D eigenvalue weighted by Gasteiger charge is 2.23. The molecule has 1 fully saturated rings. The first-order valence-corrected chi connectivity index (χ1v) is 2.33. The van der Waals surface area contributed by atoms with Crippen LogP contribution >= 0.6 is 9.39 Å². The van der Waals surface area contributed by atoms with Gasteiger partial charge in [0.15, 0.2) is 0 Å². The van der Waals surface area contributed by atoms with Crippen molar-refractivity contribution in [2.45, 2.75) is 13.0 Å². The van der Waals surface area contributed by atoms with Crippen molar-refractivity contribution >= 4 is 9.39 Å². The van der Waals surface area contributed by atoms with Crippen LogP contribution in [0.4, 0.5) is 0 Å². The first kappa shape index (κ1) is 3.58. The van der Waals surface area contributed by atoms with Crippen molar-refractivity contribution in [2.24, 2.45) is 0 Å². The van der Waals surface area contributed by atoms with Gasteiger partial charge in [-0.2, -0.15) is 0 Å². The van der Waals surface area contributed by atoms with Crippen LogP contribution in [-0.2, 0) is 0 Å². The van der Waals surface area contributed by atoms with Crippen LogP contribution < -0.4 is 0 Å². The van der Waals surface area contributed by atoms with Crippen molar-refractivity contribution in [3.8, 4) is 0 Å². The zero-order chi connectivity index (χ0) is 3.86. The Morgan fingerprint density at radius 1 is 2.00 bits per heavy atom. The van der Waals surface area contributed by atoms with E-state index in [1.807, 2.05) is 0 Å². The number of nitrogens with zero attached hydrogens (tertiary/aromatic N) is 1. The second-order valence-electron chi connectivity index (χ2n) is 1.55. The highest BCUT2D eigenvalue weighted by Crippen LogP contribution is 2.20. The van der Waals surface area contributed by atoms with E-state index in [0.29, 0.717) is 0 Å². The zero-order valence-electron chi connectivity index (χ0n) is 3.31. The zero-order valence-corrected chi connectivity index (χ0v) is 4.46. The summed E-state index contributed by atoms with van der Waals surface area (Å²) in [6.07, 6.45) is 0. The summed E-state index contributed by atoms with van der Waals surface area (Å²) >= 11 is 0. The Hall–Kier alpha value is 0.390. The molecule has 1 aliphatic rings. The molecule has 3 unspecified atom stereocenters. The maximum absolute atomic E-state index is 2.64. The Morgan fingerprint density at radius 3 is 2.20 bits per heavy atom. The molecule has 5 heavy (non-hydrogen) atoms. The van der Waals surface area contributed by atoms with E-state index in [1.54, 1.807) is 0 Å². The molecule has 1 rings (SSSR count). The predicted molar refractivity (Wildman–Crippen MR) is 25.9 cm³/mol. The molecular weight excluding hydrogens is 81.0 g/mol. The van der Waals surface area contributed by atoms with Gasteiger partial charge in [0.2, 0.25) is 0 Å². The van der Waals surface area contributed by atoms with E-state index in [2.05, 4.69) is 21.0 Å². The van der Waals surface area contributed by atoms with E-state index in [0.717, 1.165) is 6.04 Å². The maximum Gasteiger partial charge on any atom is 0.0232 e. The van der Waals surface area contributed by atoms with Crippen LogP contribution in [0.1, 0.15) is 6.92 Å². The Labute approximate surface area is 34.6 Å². The fraction of sp³-hybridized carbons (Fsp3) is 1.00. The van der Waals surface area contributed by atoms with Crippen LogP contribution in [0.2, 0.25) is 0 Å². The molecule has 0 aromatic heterocycles. The third kappa shape index (κ3) is 0.614. The average Bonchev–Trinajstić information content (AvgIpc) is 1.79. The minimum absolute atomic E-state index is 0.847. The van der Waals surface area contributed by atoms with Gasteiger partial charge in [-0.1, -0.05) is 9.39 Å². The van der Waals surface area contributed by atoms with Crippen LogP contribution in [0.3, 0.4) is 0 Å². The summed E-state index contributed by atoms with van der Waals surface area (Å²) in [7, 11) is 2.64. The van der Waals surface area contributed by atoms with Gasteiger partial charge in [0, 0.05) is 12.6 Å². The minimum atomic E-state index is 0.847. The topological polar surface area (TPSA) is 3.01 Å². The minimum Gasteiger partial charge on any atom is -0.282 e. The largest absolute Gasteiger partial charge is 0.282 e. The molecule has 0 amide bonds. The van der Waals surface area contributed by atoms with Gasteiger partial charge in [-0.3, -0.25) is 4.67 Å². The highest BCUT2D eigenvalue weighted by atomic mass is 31.0. The maximum atomic E-state index is 2.64. The Kier molecular flexibility index (Phi) is 0.661. The van der Waals surface area contributed by atoms with Gasteiger partial charge in [0.25, 0.3) is 0 Å². The molecule has 0 radical (unpaired) electrons. The first-order chi connectivity index (χ1) is 2.30. The van der Waals surface area contributed by atoms with Crippen LogP contribution in [0.5, 0.6) is 0 Å². The highest BCUT2D eigenvalue weighted by molar-refractivity contribution is 7.13. The number of hydrogen-bond acceptors (Lipinski definition) is 1. The Bertz CT molecular complexity index is 40.2. The molecule has 1 heterocycles. The summed E-state index contributed by atoms with van der Waals surface area (Å²) < 4.78 is 2.21. The molecule has 2 heteroatoms. The summed E-state index contributed by atoms with van der Waals surface area (Å²) in [5, 5.41) is 0. The third-order valence-corrected chi connectivity index (χ3v) is 1.63. The summed E-state index contributed by atoms with van der Waals surface area (Å²) in [5.41, 5.74) is 0. The van der Waals surface area contributed by atoms with Crippen molar-refractivity contribution in [2.75, 3.05) is 6.54 Å². The molecule has 0 aliphatic carbocycles. The monoisotopic (exact) mass is 89.0 g/mol. The van der Waals surface area contributed by atoms with Crippen molar-refractivity contribution in [3.05, 3.63) is 0 Å². The summed E-state index contributed by atoms with van der Waals surface area (Å²) in [4.78, 5) is 0. The molecule has 1 saturated heterocycles. The summed E-state index contributed by atoms with van der Waals surface area (Å²) in [5.74, 6) is 0. The summed E-state index contributed by atoms with van der Waals surface area (Å²) in [6, 6.07) is 0.847. The van der Waals surface area contributed by atoms with Gasteiger partial charge in [-0.25, -0.2) is 0 Å². The standard InChI is InChI=1S/C3H8NP/c1-3-2-4(3)5/h3H,2,5H2,1H3. The first-order valence-electron chi connectivity index (χ1n) is 1.82. The molecule has 1 nitrogen and oxygen atoms in total. The van der Waals surface area contributed by atoms with Crippen molar-refractivity contribution < 1.29 is 0 Å². The SMILES string of the molecule is CC1CN1P. The van der Waals surface area contributed by atoms with Crippen LogP contribution in [-0.4, -0.2) is 17.3 Å². The predicted octanol–water partition coefficient (Wildman–Crippen LogP) is 0.481.